The lowest BCUT2D eigenvalue weighted by Crippen LogP contribution is -2.40. The molecule has 4 nitrogen and oxygen atoms in total. The normalized spacial score (nSPS) is 16.6. The van der Waals surface area contributed by atoms with Crippen molar-refractivity contribution in [2.75, 3.05) is 26.2 Å². The molecule has 1 aromatic carbocycles. The predicted octanol–water partition coefficient (Wildman–Crippen LogP) is 3.93. The number of nitrogens with zero attached hydrogens (tertiary/aromatic N) is 1. The summed E-state index contributed by atoms with van der Waals surface area (Å²) in [6, 6.07) is 8.46. The maximum absolute atomic E-state index is 12.9. The molecule has 2 N–H and O–H groups in total. The number of hydrogen-bond acceptors (Lipinski definition) is 2. The van der Waals surface area contributed by atoms with Gasteiger partial charge in [0.1, 0.15) is 5.69 Å². The van der Waals surface area contributed by atoms with Gasteiger partial charge in [-0.3, -0.25) is 4.79 Å². The van der Waals surface area contributed by atoms with Crippen LogP contribution in [0.15, 0.2) is 24.3 Å². The number of hydrogen-bond donors (Lipinski definition) is 2. The molecule has 0 saturated carbocycles. The molecular formula is C21H31N3O. The largest absolute Gasteiger partial charge is 0.351 e. The van der Waals surface area contributed by atoms with Crippen LogP contribution in [0.5, 0.6) is 0 Å². The molecule has 136 valence electrons. The fraction of sp³-hybridized carbons (Fsp3) is 0.571. The topological polar surface area (TPSA) is 48.1 Å². The molecule has 1 saturated heterocycles. The minimum atomic E-state index is 0.115. The van der Waals surface area contributed by atoms with Gasteiger partial charge >= 0.3 is 0 Å². The number of fused-ring (bicyclic) bond motifs is 1. The van der Waals surface area contributed by atoms with E-state index in [1.54, 1.807) is 0 Å². The molecule has 1 aromatic heterocycles. The fourth-order valence-electron chi connectivity index (χ4n) is 3.57. The van der Waals surface area contributed by atoms with Crippen LogP contribution in [-0.4, -0.2) is 42.0 Å². The van der Waals surface area contributed by atoms with Gasteiger partial charge in [0.15, 0.2) is 0 Å². The minimum absolute atomic E-state index is 0.115. The highest BCUT2D eigenvalue weighted by Crippen LogP contribution is 2.27. The summed E-state index contributed by atoms with van der Waals surface area (Å²) in [5.74, 6) is 0.830. The summed E-state index contributed by atoms with van der Waals surface area (Å²) in [5, 5.41) is 4.54. The van der Waals surface area contributed by atoms with Crippen molar-refractivity contribution in [1.82, 2.24) is 15.2 Å². The summed E-state index contributed by atoms with van der Waals surface area (Å²) in [7, 11) is 0. The number of benzene rings is 1. The van der Waals surface area contributed by atoms with Crippen molar-refractivity contribution in [1.29, 1.82) is 0 Å². The van der Waals surface area contributed by atoms with E-state index in [4.69, 9.17) is 0 Å². The average Bonchev–Trinajstić information content (AvgIpc) is 3.02. The number of carbonyl (C=O) groups is 1. The van der Waals surface area contributed by atoms with E-state index in [1.165, 1.54) is 5.56 Å². The zero-order valence-corrected chi connectivity index (χ0v) is 16.0. The molecule has 2 aromatic rings. The van der Waals surface area contributed by atoms with Gasteiger partial charge in [-0.15, -0.1) is 0 Å². The minimum Gasteiger partial charge on any atom is -0.351 e. The number of H-pyrrole nitrogens is 1. The standard InChI is InChI=1S/C21H31N3O/c1-5-22-14-15-8-10-24(11-9-15)20(25)19-13-16-12-17(21(2,3)4)6-7-18(16)23-19/h6-7,12-13,15,22-23H,5,8-11,14H2,1-4H3. The monoisotopic (exact) mass is 341 g/mol. The summed E-state index contributed by atoms with van der Waals surface area (Å²) in [6.45, 7) is 12.6. The Labute approximate surface area is 151 Å². The fourth-order valence-corrected chi connectivity index (χ4v) is 3.57. The Morgan fingerprint density at radius 2 is 1.96 bits per heavy atom. The number of carbonyl (C=O) groups excluding carboxylic acids is 1. The van der Waals surface area contributed by atoms with Crippen LogP contribution in [0, 0.1) is 5.92 Å². The molecular weight excluding hydrogens is 310 g/mol. The first-order valence-corrected chi connectivity index (χ1v) is 9.51. The summed E-state index contributed by atoms with van der Waals surface area (Å²) in [5.41, 5.74) is 3.16. The van der Waals surface area contributed by atoms with Crippen LogP contribution in [0.1, 0.15) is 56.6 Å². The van der Waals surface area contributed by atoms with E-state index >= 15 is 0 Å². The number of likely N-dealkylation sites (tertiary alicyclic amines) is 1. The number of nitrogens with one attached hydrogen (secondary N) is 2. The number of amides is 1. The molecule has 0 aliphatic carbocycles. The maximum Gasteiger partial charge on any atom is 0.270 e. The van der Waals surface area contributed by atoms with E-state index < -0.39 is 0 Å². The molecule has 2 heterocycles. The lowest BCUT2D eigenvalue weighted by Gasteiger charge is -2.31. The first kappa shape index (κ1) is 18.0. The highest BCUT2D eigenvalue weighted by Gasteiger charge is 2.24. The van der Waals surface area contributed by atoms with Crippen molar-refractivity contribution in [2.24, 2.45) is 5.92 Å². The zero-order valence-electron chi connectivity index (χ0n) is 16.0. The number of aromatic nitrogens is 1. The second-order valence-corrected chi connectivity index (χ2v) is 8.28. The third kappa shape index (κ3) is 4.06. The first-order valence-electron chi connectivity index (χ1n) is 9.51. The number of piperidine rings is 1. The second-order valence-electron chi connectivity index (χ2n) is 8.28. The van der Waals surface area contributed by atoms with Gasteiger partial charge in [-0.05, 0) is 61.0 Å². The van der Waals surface area contributed by atoms with Gasteiger partial charge in [-0.25, -0.2) is 0 Å². The molecule has 3 rings (SSSR count). The third-order valence-electron chi connectivity index (χ3n) is 5.30. The van der Waals surface area contributed by atoms with E-state index in [0.717, 1.165) is 49.9 Å². The van der Waals surface area contributed by atoms with Crippen molar-refractivity contribution < 1.29 is 4.79 Å². The summed E-state index contributed by atoms with van der Waals surface area (Å²) in [6.07, 6.45) is 2.18. The first-order chi connectivity index (χ1) is 11.9. The third-order valence-corrected chi connectivity index (χ3v) is 5.30. The van der Waals surface area contributed by atoms with E-state index in [2.05, 4.69) is 56.2 Å². The van der Waals surface area contributed by atoms with Gasteiger partial charge in [0.2, 0.25) is 0 Å². The second kappa shape index (κ2) is 7.20. The Kier molecular flexibility index (Phi) is 5.19. The van der Waals surface area contributed by atoms with Crippen molar-refractivity contribution in [3.05, 3.63) is 35.5 Å². The molecule has 1 fully saturated rings. The van der Waals surface area contributed by atoms with Gasteiger partial charge in [0.25, 0.3) is 5.91 Å². The molecule has 4 heteroatoms. The lowest BCUT2D eigenvalue weighted by atomic mass is 9.86. The highest BCUT2D eigenvalue weighted by molar-refractivity contribution is 5.98. The van der Waals surface area contributed by atoms with Gasteiger partial charge < -0.3 is 15.2 Å². The van der Waals surface area contributed by atoms with Gasteiger partial charge in [-0.1, -0.05) is 33.8 Å². The Bertz CT molecular complexity index is 733. The van der Waals surface area contributed by atoms with Crippen molar-refractivity contribution in [3.8, 4) is 0 Å². The van der Waals surface area contributed by atoms with E-state index in [-0.39, 0.29) is 11.3 Å². The van der Waals surface area contributed by atoms with Crippen LogP contribution in [-0.2, 0) is 5.41 Å². The molecule has 0 spiro atoms. The van der Waals surface area contributed by atoms with Crippen molar-refractivity contribution >= 4 is 16.8 Å². The van der Waals surface area contributed by atoms with Crippen LogP contribution in [0.25, 0.3) is 10.9 Å². The van der Waals surface area contributed by atoms with Gasteiger partial charge in [0.05, 0.1) is 0 Å². The van der Waals surface area contributed by atoms with E-state index in [9.17, 15) is 4.79 Å². The van der Waals surface area contributed by atoms with Crippen LogP contribution in [0.3, 0.4) is 0 Å². The molecule has 0 atom stereocenters. The maximum atomic E-state index is 12.9. The quantitative estimate of drug-likeness (QED) is 0.885. The van der Waals surface area contributed by atoms with Crippen LogP contribution < -0.4 is 5.32 Å². The van der Waals surface area contributed by atoms with E-state index in [1.807, 2.05) is 11.0 Å². The molecule has 0 unspecified atom stereocenters. The average molecular weight is 341 g/mol. The summed E-state index contributed by atoms with van der Waals surface area (Å²) >= 11 is 0. The van der Waals surface area contributed by atoms with Crippen LogP contribution >= 0.6 is 0 Å². The molecule has 1 aliphatic rings. The van der Waals surface area contributed by atoms with E-state index in [0.29, 0.717) is 11.6 Å². The summed E-state index contributed by atoms with van der Waals surface area (Å²) < 4.78 is 0. The predicted molar refractivity (Wildman–Crippen MR) is 104 cm³/mol. The Hall–Kier alpha value is -1.81. The molecule has 25 heavy (non-hydrogen) atoms. The molecule has 1 amide bonds. The molecule has 0 radical (unpaired) electrons. The van der Waals surface area contributed by atoms with Crippen LogP contribution in [0.4, 0.5) is 0 Å². The van der Waals surface area contributed by atoms with Crippen LogP contribution in [0.2, 0.25) is 0 Å². The molecule has 0 bridgehead atoms. The van der Waals surface area contributed by atoms with Crippen molar-refractivity contribution in [2.45, 2.75) is 46.0 Å². The lowest BCUT2D eigenvalue weighted by molar-refractivity contribution is 0.0685. The Morgan fingerprint density at radius 3 is 2.60 bits per heavy atom. The Morgan fingerprint density at radius 1 is 1.24 bits per heavy atom. The number of aromatic amines is 1. The number of rotatable bonds is 4. The summed E-state index contributed by atoms with van der Waals surface area (Å²) in [4.78, 5) is 18.2. The Balaban J connectivity index is 1.70. The van der Waals surface area contributed by atoms with Gasteiger partial charge in [0, 0.05) is 24.0 Å². The molecule has 1 aliphatic heterocycles. The van der Waals surface area contributed by atoms with Gasteiger partial charge in [-0.2, -0.15) is 0 Å². The smallest absolute Gasteiger partial charge is 0.270 e. The SMILES string of the molecule is CCNCC1CCN(C(=O)c2cc3cc(C(C)(C)C)ccc3[nH]2)CC1. The zero-order chi connectivity index (χ0) is 18.0. The van der Waals surface area contributed by atoms with Crippen molar-refractivity contribution in [3.63, 3.8) is 0 Å². The highest BCUT2D eigenvalue weighted by atomic mass is 16.2.